The summed E-state index contributed by atoms with van der Waals surface area (Å²) < 4.78 is 13.0. The predicted molar refractivity (Wildman–Crippen MR) is 134 cm³/mol. The van der Waals surface area contributed by atoms with Crippen LogP contribution in [0.25, 0.3) is 17.0 Å². The fourth-order valence-corrected chi connectivity index (χ4v) is 4.68. The second-order valence-corrected chi connectivity index (χ2v) is 9.43. The largest absolute Gasteiger partial charge is 0.468 e. The minimum absolute atomic E-state index is 0.0663. The number of nitrogens with one attached hydrogen (secondary N) is 1. The number of hydrogen-bond donors (Lipinski definition) is 1. The number of aromatic nitrogens is 1. The highest BCUT2D eigenvalue weighted by molar-refractivity contribution is 9.10. The highest BCUT2D eigenvalue weighted by Gasteiger charge is 2.37. The van der Waals surface area contributed by atoms with Crippen molar-refractivity contribution in [1.29, 1.82) is 0 Å². The fraction of sp³-hybridized carbons (Fsp3) is 0.391. The number of hydrogen-bond acceptors (Lipinski definition) is 6. The van der Waals surface area contributed by atoms with Gasteiger partial charge in [0.2, 0.25) is 5.91 Å². The van der Waals surface area contributed by atoms with Crippen LogP contribution in [-0.2, 0) is 30.4 Å². The van der Waals surface area contributed by atoms with Crippen molar-refractivity contribution in [1.82, 2.24) is 19.7 Å². The molecule has 0 unspecified atom stereocenters. The first kappa shape index (κ1) is 24.4. The lowest BCUT2D eigenvalue weighted by Crippen LogP contribution is -2.34. The van der Waals surface area contributed by atoms with E-state index in [0.717, 1.165) is 40.4 Å². The van der Waals surface area contributed by atoms with Crippen molar-refractivity contribution in [3.63, 3.8) is 0 Å². The zero-order valence-electron chi connectivity index (χ0n) is 18.9. The molecule has 0 bridgehead atoms. The van der Waals surface area contributed by atoms with Gasteiger partial charge < -0.3 is 24.3 Å². The molecule has 9 nitrogen and oxygen atoms in total. The summed E-state index contributed by atoms with van der Waals surface area (Å²) in [5, 5.41) is 4.01. The summed E-state index contributed by atoms with van der Waals surface area (Å²) in [6, 6.07) is 5.73. The topological polar surface area (TPSA) is 93.1 Å². The van der Waals surface area contributed by atoms with Crippen LogP contribution in [0.1, 0.15) is 18.4 Å². The molecule has 0 spiro atoms. The highest BCUT2D eigenvalue weighted by Crippen LogP contribution is 2.30. The van der Waals surface area contributed by atoms with Gasteiger partial charge in [0, 0.05) is 47.3 Å². The number of thiocarbonyl (C=S) groups is 1. The molecule has 3 heterocycles. The molecule has 0 saturated carbocycles. The summed E-state index contributed by atoms with van der Waals surface area (Å²) in [7, 11) is 2.85. The molecular formula is C23H25BrN4O5S. The highest BCUT2D eigenvalue weighted by atomic mass is 79.9. The van der Waals surface area contributed by atoms with Gasteiger partial charge in [0.25, 0.3) is 5.91 Å². The maximum atomic E-state index is 12.9. The third kappa shape index (κ3) is 5.01. The van der Waals surface area contributed by atoms with E-state index in [1.54, 1.807) is 13.1 Å². The lowest BCUT2D eigenvalue weighted by atomic mass is 10.1. The van der Waals surface area contributed by atoms with Gasteiger partial charge in [-0.15, -0.1) is 0 Å². The molecule has 2 aliphatic rings. The van der Waals surface area contributed by atoms with E-state index in [-0.39, 0.29) is 41.8 Å². The van der Waals surface area contributed by atoms with E-state index < -0.39 is 5.97 Å². The Labute approximate surface area is 210 Å². The van der Waals surface area contributed by atoms with Crippen molar-refractivity contribution >= 4 is 68.0 Å². The van der Waals surface area contributed by atoms with Crippen LogP contribution < -0.4 is 5.32 Å². The third-order valence-electron chi connectivity index (χ3n) is 5.88. The van der Waals surface area contributed by atoms with Gasteiger partial charge >= 0.3 is 5.97 Å². The van der Waals surface area contributed by atoms with Gasteiger partial charge in [-0.25, -0.2) is 0 Å². The van der Waals surface area contributed by atoms with Crippen molar-refractivity contribution in [3.8, 4) is 0 Å². The molecule has 2 saturated heterocycles. The monoisotopic (exact) mass is 548 g/mol. The molecule has 1 aromatic carbocycles. The Morgan fingerprint density at radius 2 is 2.15 bits per heavy atom. The van der Waals surface area contributed by atoms with Crippen LogP contribution in [-0.4, -0.2) is 77.2 Å². The molecule has 0 aliphatic carbocycles. The van der Waals surface area contributed by atoms with Crippen molar-refractivity contribution in [2.45, 2.75) is 25.5 Å². The van der Waals surface area contributed by atoms with E-state index in [4.69, 9.17) is 21.7 Å². The van der Waals surface area contributed by atoms with Crippen LogP contribution >= 0.6 is 28.1 Å². The molecular weight excluding hydrogens is 524 g/mol. The van der Waals surface area contributed by atoms with Crippen LogP contribution in [0.5, 0.6) is 0 Å². The lowest BCUT2D eigenvalue weighted by Gasteiger charge is -2.16. The van der Waals surface area contributed by atoms with E-state index in [1.165, 1.54) is 16.9 Å². The summed E-state index contributed by atoms with van der Waals surface area (Å²) >= 11 is 8.86. The Morgan fingerprint density at radius 3 is 2.85 bits per heavy atom. The maximum absolute atomic E-state index is 12.9. The molecule has 2 fully saturated rings. The molecule has 1 N–H and O–H groups in total. The van der Waals surface area contributed by atoms with Gasteiger partial charge in [0.1, 0.15) is 18.8 Å². The lowest BCUT2D eigenvalue weighted by molar-refractivity contribution is -0.140. The van der Waals surface area contributed by atoms with Crippen LogP contribution in [0.4, 0.5) is 0 Å². The Morgan fingerprint density at radius 1 is 1.35 bits per heavy atom. The summed E-state index contributed by atoms with van der Waals surface area (Å²) in [6.45, 7) is 1.17. The number of rotatable bonds is 7. The van der Waals surface area contributed by atoms with Crippen molar-refractivity contribution in [2.24, 2.45) is 0 Å². The van der Waals surface area contributed by atoms with Crippen LogP contribution in [0.3, 0.4) is 0 Å². The van der Waals surface area contributed by atoms with E-state index in [9.17, 15) is 14.4 Å². The second-order valence-electron chi connectivity index (χ2n) is 8.15. The summed E-state index contributed by atoms with van der Waals surface area (Å²) in [5.74, 6) is -0.955. The number of nitrogens with zero attached hydrogens (tertiary/aromatic N) is 3. The molecule has 2 aliphatic heterocycles. The Hall–Kier alpha value is -2.76. The zero-order valence-corrected chi connectivity index (χ0v) is 21.3. The van der Waals surface area contributed by atoms with E-state index in [1.807, 2.05) is 29.0 Å². The van der Waals surface area contributed by atoms with Crippen LogP contribution in [0.15, 0.2) is 34.6 Å². The predicted octanol–water partition coefficient (Wildman–Crippen LogP) is 2.27. The minimum atomic E-state index is -0.510. The second kappa shape index (κ2) is 10.2. The SMILES string of the molecule is COC(=O)CN1C(=S)N(C)C(=O)/C1=C/c1cn(CC(=O)NC[C@H]2CCCO2)c2ccc(Br)cc12. The van der Waals surface area contributed by atoms with Crippen molar-refractivity contribution in [3.05, 3.63) is 40.1 Å². The number of carbonyl (C=O) groups is 3. The molecule has 34 heavy (non-hydrogen) atoms. The Balaban J connectivity index is 1.65. The minimum Gasteiger partial charge on any atom is -0.468 e. The first-order valence-electron chi connectivity index (χ1n) is 10.8. The molecule has 0 radical (unpaired) electrons. The number of amides is 2. The van der Waals surface area contributed by atoms with Crippen molar-refractivity contribution in [2.75, 3.05) is 33.9 Å². The summed E-state index contributed by atoms with van der Waals surface area (Å²) in [5.41, 5.74) is 1.82. The molecule has 1 atom stereocenters. The number of esters is 1. The Kier molecular flexibility index (Phi) is 7.34. The standard InChI is InChI=1S/C23H25BrN4O5S/c1-26-22(31)19(28(23(26)34)13-21(30)32-2)8-14-11-27(18-6-5-15(24)9-17(14)18)12-20(29)25-10-16-4-3-7-33-16/h5-6,8-9,11,16H,3-4,7,10,12-13H2,1-2H3,(H,25,29)/b19-8-/t16-/m1/s1. The van der Waals surface area contributed by atoms with E-state index in [2.05, 4.69) is 21.2 Å². The van der Waals surface area contributed by atoms with Crippen molar-refractivity contribution < 1.29 is 23.9 Å². The molecule has 1 aromatic heterocycles. The quantitative estimate of drug-likeness (QED) is 0.322. The molecule has 2 aromatic rings. The summed E-state index contributed by atoms with van der Waals surface area (Å²) in [6.07, 6.45) is 5.54. The number of likely N-dealkylation sites (N-methyl/N-ethyl adjacent to an activating group) is 1. The molecule has 4 rings (SSSR count). The van der Waals surface area contributed by atoms with Gasteiger partial charge in [0.05, 0.1) is 13.2 Å². The summed E-state index contributed by atoms with van der Waals surface area (Å²) in [4.78, 5) is 40.2. The zero-order chi connectivity index (χ0) is 24.4. The molecule has 180 valence electrons. The normalized spacial score (nSPS) is 19.5. The average Bonchev–Trinajstić information content (AvgIpc) is 3.50. The number of ether oxygens (including phenoxy) is 2. The first-order chi connectivity index (χ1) is 16.3. The smallest absolute Gasteiger partial charge is 0.325 e. The van der Waals surface area contributed by atoms with E-state index in [0.29, 0.717) is 6.54 Å². The average molecular weight is 549 g/mol. The molecule has 11 heteroatoms. The number of methoxy groups -OCH3 is 1. The number of benzene rings is 1. The van der Waals surface area contributed by atoms with Gasteiger partial charge in [-0.3, -0.25) is 19.3 Å². The fourth-order valence-electron chi connectivity index (χ4n) is 4.08. The number of fused-ring (bicyclic) bond motifs is 1. The first-order valence-corrected chi connectivity index (χ1v) is 12.0. The van der Waals surface area contributed by atoms with Gasteiger partial charge in [-0.05, 0) is 49.3 Å². The third-order valence-corrected chi connectivity index (χ3v) is 6.87. The maximum Gasteiger partial charge on any atom is 0.325 e. The Bertz CT molecular complexity index is 1190. The number of carbonyl (C=O) groups excluding carboxylic acids is 3. The van der Waals surface area contributed by atoms with Gasteiger partial charge in [0.15, 0.2) is 5.11 Å². The van der Waals surface area contributed by atoms with Gasteiger partial charge in [-0.1, -0.05) is 15.9 Å². The van der Waals surface area contributed by atoms with Crippen LogP contribution in [0, 0.1) is 0 Å². The number of halogens is 1. The van der Waals surface area contributed by atoms with Crippen LogP contribution in [0.2, 0.25) is 0 Å². The van der Waals surface area contributed by atoms with Gasteiger partial charge in [-0.2, -0.15) is 0 Å². The molecule has 2 amide bonds. The van der Waals surface area contributed by atoms with E-state index >= 15 is 0 Å².